The van der Waals surface area contributed by atoms with E-state index < -0.39 is 0 Å². The van der Waals surface area contributed by atoms with Gasteiger partial charge in [0.05, 0.1) is 4.88 Å². The maximum Gasteiger partial charge on any atom is 0.231 e. The lowest BCUT2D eigenvalue weighted by Gasteiger charge is -2.06. The van der Waals surface area contributed by atoms with Gasteiger partial charge in [0.25, 0.3) is 0 Å². The van der Waals surface area contributed by atoms with Gasteiger partial charge < -0.3 is 19.5 Å². The van der Waals surface area contributed by atoms with E-state index in [1.54, 1.807) is 11.3 Å². The smallest absolute Gasteiger partial charge is 0.231 e. The largest absolute Gasteiger partial charge is 0.489 e. The van der Waals surface area contributed by atoms with Crippen LogP contribution in [-0.2, 0) is 19.7 Å². The zero-order chi connectivity index (χ0) is 20.9. The molecule has 1 aromatic heterocycles. The first-order chi connectivity index (χ1) is 15.3. The molecule has 156 valence electrons. The lowest BCUT2D eigenvalue weighted by atomic mass is 10.2. The fraction of sp³-hybridized carbons (Fsp3) is 0.160. The minimum Gasteiger partial charge on any atom is -0.489 e. The highest BCUT2D eigenvalue weighted by Crippen LogP contribution is 2.32. The second kappa shape index (κ2) is 9.20. The minimum absolute atomic E-state index is 0.300. The van der Waals surface area contributed by atoms with Crippen LogP contribution in [0.5, 0.6) is 17.2 Å². The molecule has 0 fully saturated rings. The highest BCUT2D eigenvalue weighted by Gasteiger charge is 2.13. The number of fused-ring (bicyclic) bond motifs is 1. The number of thiazole rings is 1. The molecule has 0 saturated heterocycles. The van der Waals surface area contributed by atoms with Gasteiger partial charge in [-0.1, -0.05) is 36.4 Å². The molecule has 6 heteroatoms. The summed E-state index contributed by atoms with van der Waals surface area (Å²) in [5.41, 5.74) is 3.46. The Morgan fingerprint density at radius 1 is 0.871 bits per heavy atom. The second-order valence-electron chi connectivity index (χ2n) is 7.21. The summed E-state index contributed by atoms with van der Waals surface area (Å²) >= 11 is 1.70. The predicted octanol–water partition coefficient (Wildman–Crippen LogP) is 5.41. The summed E-state index contributed by atoms with van der Waals surface area (Å²) in [6, 6.07) is 24.4. The third-order valence-electron chi connectivity index (χ3n) is 4.98. The highest BCUT2D eigenvalue weighted by atomic mass is 32.1. The van der Waals surface area contributed by atoms with Crippen LogP contribution in [-0.4, -0.2) is 11.8 Å². The number of aromatic nitrogens is 1. The molecule has 0 unspecified atom stereocenters. The summed E-state index contributed by atoms with van der Waals surface area (Å²) in [6.07, 6.45) is 1.93. The molecule has 0 amide bonds. The van der Waals surface area contributed by atoms with Crippen molar-refractivity contribution >= 4 is 11.3 Å². The fourth-order valence-corrected chi connectivity index (χ4v) is 4.24. The minimum atomic E-state index is 0.300. The molecule has 1 aliphatic rings. The number of benzene rings is 3. The molecule has 31 heavy (non-hydrogen) atoms. The first kappa shape index (κ1) is 19.6. The number of hydrogen-bond acceptors (Lipinski definition) is 6. The molecule has 4 aromatic rings. The van der Waals surface area contributed by atoms with Crippen molar-refractivity contribution in [1.82, 2.24) is 10.3 Å². The maximum atomic E-state index is 5.87. The summed E-state index contributed by atoms with van der Waals surface area (Å²) < 4.78 is 16.7. The van der Waals surface area contributed by atoms with Gasteiger partial charge in [-0.05, 0) is 53.1 Å². The van der Waals surface area contributed by atoms with Gasteiger partial charge in [-0.25, -0.2) is 4.98 Å². The van der Waals surface area contributed by atoms with Crippen molar-refractivity contribution in [3.8, 4) is 27.7 Å². The Balaban J connectivity index is 1.14. The SMILES string of the molecule is c1ccc(COc2ccc(-c3cnc(CNCc4ccc5c(c4)OCO5)s3)cc2)cc1. The Hall–Kier alpha value is -3.35. The lowest BCUT2D eigenvalue weighted by Crippen LogP contribution is -2.12. The van der Waals surface area contributed by atoms with Crippen molar-refractivity contribution in [2.75, 3.05) is 6.79 Å². The number of nitrogens with zero attached hydrogens (tertiary/aromatic N) is 1. The van der Waals surface area contributed by atoms with Crippen molar-refractivity contribution in [2.24, 2.45) is 0 Å². The van der Waals surface area contributed by atoms with Crippen molar-refractivity contribution in [3.05, 3.63) is 95.1 Å². The van der Waals surface area contributed by atoms with E-state index in [0.29, 0.717) is 13.4 Å². The Morgan fingerprint density at radius 3 is 2.58 bits per heavy atom. The van der Waals surface area contributed by atoms with Crippen molar-refractivity contribution in [1.29, 1.82) is 0 Å². The van der Waals surface area contributed by atoms with Crippen molar-refractivity contribution < 1.29 is 14.2 Å². The van der Waals surface area contributed by atoms with E-state index in [-0.39, 0.29) is 0 Å². The average molecular weight is 431 g/mol. The van der Waals surface area contributed by atoms with E-state index in [1.807, 2.05) is 48.7 Å². The molecule has 0 bridgehead atoms. The van der Waals surface area contributed by atoms with Gasteiger partial charge in [-0.3, -0.25) is 0 Å². The second-order valence-corrected chi connectivity index (χ2v) is 8.32. The standard InChI is InChI=1S/C25H22N2O3S/c1-2-4-18(5-3-1)16-28-21-9-7-20(8-10-21)24-14-27-25(31-24)15-26-13-19-6-11-22-23(12-19)30-17-29-22/h1-12,14,26H,13,15-17H2. The number of rotatable bonds is 8. The Bertz CT molecular complexity index is 1140. The summed E-state index contributed by atoms with van der Waals surface area (Å²) in [7, 11) is 0. The summed E-state index contributed by atoms with van der Waals surface area (Å²) in [6.45, 7) is 2.34. The summed E-state index contributed by atoms with van der Waals surface area (Å²) in [4.78, 5) is 5.71. The fourth-order valence-electron chi connectivity index (χ4n) is 3.35. The Labute approximate surface area is 185 Å². The van der Waals surface area contributed by atoms with Crippen LogP contribution >= 0.6 is 11.3 Å². The van der Waals surface area contributed by atoms with E-state index in [2.05, 4.69) is 40.6 Å². The monoisotopic (exact) mass is 430 g/mol. The zero-order valence-corrected chi connectivity index (χ0v) is 17.7. The van der Waals surface area contributed by atoms with Gasteiger partial charge in [-0.15, -0.1) is 11.3 Å². The molecule has 0 saturated carbocycles. The molecule has 0 spiro atoms. The molecule has 0 radical (unpaired) electrons. The first-order valence-corrected chi connectivity index (χ1v) is 11.0. The van der Waals surface area contributed by atoms with E-state index in [1.165, 1.54) is 0 Å². The number of ether oxygens (including phenoxy) is 3. The summed E-state index contributed by atoms with van der Waals surface area (Å²) in [5, 5.41) is 4.50. The van der Waals surface area contributed by atoms with Gasteiger partial charge >= 0.3 is 0 Å². The van der Waals surface area contributed by atoms with Gasteiger partial charge in [0.1, 0.15) is 17.4 Å². The van der Waals surface area contributed by atoms with E-state index in [0.717, 1.165) is 56.9 Å². The highest BCUT2D eigenvalue weighted by molar-refractivity contribution is 7.15. The van der Waals surface area contributed by atoms with Gasteiger partial charge in [0, 0.05) is 19.3 Å². The van der Waals surface area contributed by atoms with Crippen LogP contribution in [0.15, 0.2) is 79.0 Å². The van der Waals surface area contributed by atoms with Gasteiger partial charge in [0.15, 0.2) is 11.5 Å². The molecule has 5 nitrogen and oxygen atoms in total. The molecule has 1 aliphatic heterocycles. The number of nitrogens with one attached hydrogen (secondary N) is 1. The van der Waals surface area contributed by atoms with E-state index in [4.69, 9.17) is 14.2 Å². The predicted molar refractivity (Wildman–Crippen MR) is 121 cm³/mol. The number of hydrogen-bond donors (Lipinski definition) is 1. The maximum absolute atomic E-state index is 5.87. The molecule has 3 aromatic carbocycles. The van der Waals surface area contributed by atoms with Gasteiger partial charge in [-0.2, -0.15) is 0 Å². The van der Waals surface area contributed by atoms with Crippen LogP contribution in [0.3, 0.4) is 0 Å². The zero-order valence-electron chi connectivity index (χ0n) is 16.9. The van der Waals surface area contributed by atoms with Crippen LogP contribution in [0.25, 0.3) is 10.4 Å². The Kier molecular flexibility index (Phi) is 5.82. The van der Waals surface area contributed by atoms with Crippen LogP contribution in [0.4, 0.5) is 0 Å². The molecular weight excluding hydrogens is 408 g/mol. The third kappa shape index (κ3) is 4.87. The molecule has 2 heterocycles. The molecule has 1 N–H and O–H groups in total. The average Bonchev–Trinajstić information content (AvgIpc) is 3.48. The Morgan fingerprint density at radius 2 is 1.71 bits per heavy atom. The molecule has 0 aliphatic carbocycles. The van der Waals surface area contributed by atoms with Crippen LogP contribution in [0.1, 0.15) is 16.1 Å². The van der Waals surface area contributed by atoms with E-state index in [9.17, 15) is 0 Å². The first-order valence-electron chi connectivity index (χ1n) is 10.1. The van der Waals surface area contributed by atoms with Crippen molar-refractivity contribution in [2.45, 2.75) is 19.7 Å². The van der Waals surface area contributed by atoms with Crippen LogP contribution in [0, 0.1) is 0 Å². The molecular formula is C25H22N2O3S. The van der Waals surface area contributed by atoms with Crippen molar-refractivity contribution in [3.63, 3.8) is 0 Å². The quantitative estimate of drug-likeness (QED) is 0.405. The molecule has 0 atom stereocenters. The third-order valence-corrected chi connectivity index (χ3v) is 6.03. The normalized spacial score (nSPS) is 12.1. The lowest BCUT2D eigenvalue weighted by molar-refractivity contribution is 0.174. The van der Waals surface area contributed by atoms with Crippen LogP contribution in [0.2, 0.25) is 0 Å². The van der Waals surface area contributed by atoms with Gasteiger partial charge in [0.2, 0.25) is 6.79 Å². The van der Waals surface area contributed by atoms with E-state index >= 15 is 0 Å². The van der Waals surface area contributed by atoms with Crippen LogP contribution < -0.4 is 19.5 Å². The molecule has 5 rings (SSSR count). The summed E-state index contributed by atoms with van der Waals surface area (Å²) in [5.74, 6) is 2.49. The topological polar surface area (TPSA) is 52.6 Å².